The highest BCUT2D eigenvalue weighted by Gasteiger charge is 2.50. The average Bonchev–Trinajstić information content (AvgIpc) is 3.33. The summed E-state index contributed by atoms with van der Waals surface area (Å²) in [7, 11) is -0.228. The number of amidine groups is 1. The number of hydrogen-bond donors (Lipinski definition) is 1. The van der Waals surface area contributed by atoms with Crippen LogP contribution in [0.4, 0.5) is 10.5 Å². The number of carbonyl (C=O) groups is 2. The number of nitrogens with zero attached hydrogens (tertiary/aromatic N) is 2. The molecule has 210 valence electrons. The van der Waals surface area contributed by atoms with Gasteiger partial charge in [-0.05, 0) is 38.5 Å². The quantitative estimate of drug-likeness (QED) is 0.529. The van der Waals surface area contributed by atoms with Crippen molar-refractivity contribution < 1.29 is 32.2 Å². The van der Waals surface area contributed by atoms with Gasteiger partial charge in [-0.3, -0.25) is 4.79 Å². The van der Waals surface area contributed by atoms with Gasteiger partial charge in [0, 0.05) is 17.7 Å². The molecule has 2 aromatic rings. The van der Waals surface area contributed by atoms with Gasteiger partial charge in [0.1, 0.15) is 23.1 Å². The number of sulfone groups is 1. The van der Waals surface area contributed by atoms with E-state index in [-0.39, 0.29) is 23.2 Å². The largest absolute Gasteiger partial charge is 0.497 e. The van der Waals surface area contributed by atoms with Crippen molar-refractivity contribution >= 4 is 44.5 Å². The lowest BCUT2D eigenvalue weighted by Crippen LogP contribution is -2.45. The van der Waals surface area contributed by atoms with Crippen LogP contribution in [0, 0.1) is 0 Å². The monoisotopic (exact) mass is 575 g/mol. The van der Waals surface area contributed by atoms with E-state index in [9.17, 15) is 18.0 Å². The maximum Gasteiger partial charge on any atom is 0.408 e. The van der Waals surface area contributed by atoms with Gasteiger partial charge in [-0.2, -0.15) is 4.99 Å². The normalized spacial score (nSPS) is 21.8. The van der Waals surface area contributed by atoms with Crippen LogP contribution in [0.3, 0.4) is 0 Å². The third-order valence-corrected chi connectivity index (χ3v) is 9.40. The van der Waals surface area contributed by atoms with E-state index < -0.39 is 39.5 Å². The highest BCUT2D eigenvalue weighted by atomic mass is 32.2. The van der Waals surface area contributed by atoms with Crippen LogP contribution in [0.25, 0.3) is 0 Å². The first-order valence-corrected chi connectivity index (χ1v) is 15.1. The second-order valence-corrected chi connectivity index (χ2v) is 13.7. The molecule has 39 heavy (non-hydrogen) atoms. The Labute approximate surface area is 233 Å². The van der Waals surface area contributed by atoms with Crippen molar-refractivity contribution in [2.75, 3.05) is 30.6 Å². The summed E-state index contributed by atoms with van der Waals surface area (Å²) in [5, 5.41) is 2.69. The fourth-order valence-electron chi connectivity index (χ4n) is 4.50. The van der Waals surface area contributed by atoms with Crippen LogP contribution in [-0.2, 0) is 25.8 Å². The molecule has 2 saturated heterocycles. The first-order chi connectivity index (χ1) is 18.4. The van der Waals surface area contributed by atoms with Crippen molar-refractivity contribution in [2.45, 2.75) is 50.1 Å². The number of methoxy groups -OCH3 is 2. The summed E-state index contributed by atoms with van der Waals surface area (Å²) in [6, 6.07) is 13.0. The smallest absolute Gasteiger partial charge is 0.408 e. The van der Waals surface area contributed by atoms with Gasteiger partial charge < -0.3 is 24.4 Å². The summed E-state index contributed by atoms with van der Waals surface area (Å²) >= 11 is 1.24. The van der Waals surface area contributed by atoms with Gasteiger partial charge >= 0.3 is 6.09 Å². The first kappa shape index (κ1) is 28.8. The number of rotatable bonds is 7. The molecule has 3 atom stereocenters. The number of alkyl carbamates (subject to hydrolysis) is 1. The Kier molecular flexibility index (Phi) is 8.45. The lowest BCUT2D eigenvalue weighted by atomic mass is 10.1. The fourth-order valence-corrected chi connectivity index (χ4v) is 8.42. The van der Waals surface area contributed by atoms with Gasteiger partial charge in [0.15, 0.2) is 15.0 Å². The molecule has 0 aliphatic carbocycles. The molecule has 12 heteroatoms. The SMILES string of the molecule is COc1ccc(OC)c(N2C(=NC(=O)[C@H](Cc3ccccc3)NC(=O)OC(C)(C)C)S[C@H]3CS(=O)(=O)C[C@@H]32)c1. The number of aliphatic imine (C=N–C) groups is 1. The van der Waals surface area contributed by atoms with Crippen molar-refractivity contribution in [2.24, 2.45) is 4.99 Å². The van der Waals surface area contributed by atoms with Crippen molar-refractivity contribution in [3.63, 3.8) is 0 Å². The Morgan fingerprint density at radius 3 is 2.46 bits per heavy atom. The molecule has 2 aliphatic rings. The number of ether oxygens (including phenoxy) is 3. The maximum absolute atomic E-state index is 13.6. The minimum atomic E-state index is -3.27. The van der Waals surface area contributed by atoms with E-state index in [0.29, 0.717) is 22.4 Å². The zero-order valence-electron chi connectivity index (χ0n) is 22.5. The van der Waals surface area contributed by atoms with Crippen LogP contribution in [0.15, 0.2) is 53.5 Å². The van der Waals surface area contributed by atoms with Crippen LogP contribution in [0.1, 0.15) is 26.3 Å². The molecule has 0 spiro atoms. The minimum Gasteiger partial charge on any atom is -0.497 e. The molecule has 0 radical (unpaired) electrons. The molecule has 2 aromatic carbocycles. The number of hydrogen-bond acceptors (Lipinski definition) is 8. The van der Waals surface area contributed by atoms with Crippen molar-refractivity contribution in [3.05, 3.63) is 54.1 Å². The molecule has 10 nitrogen and oxygen atoms in total. The number of thioether (sulfide) groups is 1. The Balaban J connectivity index is 1.71. The second kappa shape index (κ2) is 11.5. The Morgan fingerprint density at radius 2 is 1.82 bits per heavy atom. The molecule has 0 aromatic heterocycles. The summed E-state index contributed by atoms with van der Waals surface area (Å²) in [6.07, 6.45) is -0.533. The maximum atomic E-state index is 13.6. The molecule has 2 aliphatic heterocycles. The third kappa shape index (κ3) is 7.04. The second-order valence-electron chi connectivity index (χ2n) is 10.3. The minimum absolute atomic E-state index is 0.0259. The Hall–Kier alpha value is -3.25. The number of fused-ring (bicyclic) bond motifs is 1. The van der Waals surface area contributed by atoms with E-state index in [4.69, 9.17) is 14.2 Å². The molecular weight excluding hydrogens is 542 g/mol. The lowest BCUT2D eigenvalue weighted by Gasteiger charge is -2.27. The highest BCUT2D eigenvalue weighted by molar-refractivity contribution is 8.16. The van der Waals surface area contributed by atoms with Crippen molar-refractivity contribution in [1.29, 1.82) is 0 Å². The topological polar surface area (TPSA) is 124 Å². The van der Waals surface area contributed by atoms with Crippen molar-refractivity contribution in [1.82, 2.24) is 5.32 Å². The number of benzene rings is 2. The van der Waals surface area contributed by atoms with Crippen LogP contribution < -0.4 is 19.7 Å². The summed E-state index contributed by atoms with van der Waals surface area (Å²) in [5.41, 5.74) is 0.626. The number of carbonyl (C=O) groups excluding carboxylic acids is 2. The predicted molar refractivity (Wildman–Crippen MR) is 152 cm³/mol. The van der Waals surface area contributed by atoms with Gasteiger partial charge in [-0.15, -0.1) is 0 Å². The summed E-state index contributed by atoms with van der Waals surface area (Å²) in [6.45, 7) is 5.21. The van der Waals surface area contributed by atoms with Gasteiger partial charge in [-0.25, -0.2) is 13.2 Å². The van der Waals surface area contributed by atoms with Crippen LogP contribution in [0.5, 0.6) is 11.5 Å². The number of amides is 2. The fraction of sp³-hybridized carbons (Fsp3) is 0.444. The van der Waals surface area contributed by atoms with Gasteiger partial charge in [0.05, 0.1) is 37.5 Å². The van der Waals surface area contributed by atoms with Crippen LogP contribution in [-0.4, -0.2) is 74.2 Å². The molecule has 2 heterocycles. The molecule has 2 amide bonds. The summed E-state index contributed by atoms with van der Waals surface area (Å²) in [5.74, 6) is 0.333. The highest BCUT2D eigenvalue weighted by Crippen LogP contribution is 2.45. The van der Waals surface area contributed by atoms with E-state index in [1.165, 1.54) is 26.0 Å². The summed E-state index contributed by atoms with van der Waals surface area (Å²) < 4.78 is 41.4. The number of anilines is 1. The average molecular weight is 576 g/mol. The van der Waals surface area contributed by atoms with E-state index >= 15 is 0 Å². The lowest BCUT2D eigenvalue weighted by molar-refractivity contribution is -0.119. The van der Waals surface area contributed by atoms with E-state index in [0.717, 1.165) is 5.56 Å². The van der Waals surface area contributed by atoms with Crippen LogP contribution >= 0.6 is 11.8 Å². The molecule has 1 N–H and O–H groups in total. The Morgan fingerprint density at radius 1 is 1.10 bits per heavy atom. The summed E-state index contributed by atoms with van der Waals surface area (Å²) in [4.78, 5) is 32.4. The van der Waals surface area contributed by atoms with Gasteiger partial charge in [0.2, 0.25) is 0 Å². The molecule has 0 bridgehead atoms. The molecular formula is C27H33N3O7S2. The number of nitrogens with one attached hydrogen (secondary N) is 1. The van der Waals surface area contributed by atoms with Crippen molar-refractivity contribution in [3.8, 4) is 11.5 Å². The zero-order valence-corrected chi connectivity index (χ0v) is 24.2. The van der Waals surface area contributed by atoms with E-state index in [1.807, 2.05) is 30.3 Å². The predicted octanol–water partition coefficient (Wildman–Crippen LogP) is 3.44. The van der Waals surface area contributed by atoms with E-state index in [2.05, 4.69) is 10.3 Å². The van der Waals surface area contributed by atoms with Crippen LogP contribution in [0.2, 0.25) is 0 Å². The first-order valence-electron chi connectivity index (χ1n) is 12.4. The van der Waals surface area contributed by atoms with Gasteiger partial charge in [-0.1, -0.05) is 42.1 Å². The Bertz CT molecular complexity index is 1360. The molecule has 2 fully saturated rings. The van der Waals surface area contributed by atoms with E-state index in [1.54, 1.807) is 43.9 Å². The molecule has 4 rings (SSSR count). The molecule has 0 unspecified atom stereocenters. The van der Waals surface area contributed by atoms with Gasteiger partial charge in [0.25, 0.3) is 5.91 Å². The standard InChI is InChI=1S/C27H33N3O7S2/c1-27(2,3)37-26(32)28-19(13-17-9-7-6-8-10-17)24(31)29-25-30(21-15-39(33,34)16-23(21)38-25)20-14-18(35-4)11-12-22(20)36-5/h6-12,14,19,21,23H,13,15-16H2,1-5H3,(H,28,32)/t19-,21-,23-/m0/s1. The third-order valence-electron chi connectivity index (χ3n) is 6.19. The zero-order chi connectivity index (χ0) is 28.4. The molecule has 0 saturated carbocycles.